The second-order valence-corrected chi connectivity index (χ2v) is 5.73. The van der Waals surface area contributed by atoms with E-state index in [0.717, 1.165) is 17.0 Å². The van der Waals surface area contributed by atoms with E-state index in [1.807, 2.05) is 0 Å². The number of alkyl halides is 3. The van der Waals surface area contributed by atoms with E-state index in [9.17, 15) is 27.6 Å². The van der Waals surface area contributed by atoms with E-state index in [4.69, 9.17) is 0 Å². The van der Waals surface area contributed by atoms with E-state index in [-0.39, 0.29) is 11.1 Å². The standard InChI is InChI=1S/C18H13F3N2O3/c1-10(23-16(25)11-6-2-3-7-12(11)17(23)26)15(24)22-14-9-5-4-8-13(14)18(19,20)21/h2-10H,1H3,(H,22,24)/t10-/m1/s1. The van der Waals surface area contributed by atoms with Crippen molar-refractivity contribution in [3.63, 3.8) is 0 Å². The predicted octanol–water partition coefficient (Wildman–Crippen LogP) is 3.33. The third-order valence-electron chi connectivity index (χ3n) is 4.08. The number of hydrogen-bond acceptors (Lipinski definition) is 3. The van der Waals surface area contributed by atoms with Crippen LogP contribution in [0, 0.1) is 0 Å². The Bertz CT molecular complexity index is 874. The molecule has 0 saturated heterocycles. The van der Waals surface area contributed by atoms with Crippen molar-refractivity contribution in [3.8, 4) is 0 Å². The molecule has 5 nitrogen and oxygen atoms in total. The van der Waals surface area contributed by atoms with E-state index in [1.165, 1.54) is 31.2 Å². The molecule has 0 fully saturated rings. The van der Waals surface area contributed by atoms with Gasteiger partial charge in [-0.1, -0.05) is 24.3 Å². The number of para-hydroxylation sites is 1. The van der Waals surface area contributed by atoms with Crippen molar-refractivity contribution in [2.75, 3.05) is 5.32 Å². The number of anilines is 1. The number of carbonyl (C=O) groups is 3. The van der Waals surface area contributed by atoms with Gasteiger partial charge < -0.3 is 5.32 Å². The minimum absolute atomic E-state index is 0.160. The van der Waals surface area contributed by atoms with Gasteiger partial charge in [-0.15, -0.1) is 0 Å². The molecule has 8 heteroatoms. The average Bonchev–Trinajstić information content (AvgIpc) is 2.85. The third-order valence-corrected chi connectivity index (χ3v) is 4.08. The van der Waals surface area contributed by atoms with Gasteiger partial charge in [0.15, 0.2) is 0 Å². The zero-order valence-corrected chi connectivity index (χ0v) is 13.5. The number of rotatable bonds is 3. The van der Waals surface area contributed by atoms with Crippen molar-refractivity contribution >= 4 is 23.4 Å². The van der Waals surface area contributed by atoms with E-state index in [2.05, 4.69) is 5.32 Å². The van der Waals surface area contributed by atoms with Crippen LogP contribution in [-0.2, 0) is 11.0 Å². The molecule has 2 aromatic carbocycles. The molecule has 1 N–H and O–H groups in total. The lowest BCUT2D eigenvalue weighted by molar-refractivity contribution is -0.137. The average molecular weight is 362 g/mol. The van der Waals surface area contributed by atoms with E-state index in [0.29, 0.717) is 0 Å². The van der Waals surface area contributed by atoms with Gasteiger partial charge in [0.05, 0.1) is 22.4 Å². The lowest BCUT2D eigenvalue weighted by Crippen LogP contribution is -2.45. The number of halogens is 3. The molecule has 3 amide bonds. The number of carbonyl (C=O) groups excluding carboxylic acids is 3. The maximum atomic E-state index is 13.0. The summed E-state index contributed by atoms with van der Waals surface area (Å²) in [5.74, 6) is -2.20. The number of nitrogens with zero attached hydrogens (tertiary/aromatic N) is 1. The summed E-state index contributed by atoms with van der Waals surface area (Å²) in [5.41, 5.74) is -1.13. The molecule has 0 radical (unpaired) electrons. The van der Waals surface area contributed by atoms with Crippen LogP contribution in [0.3, 0.4) is 0 Å². The van der Waals surface area contributed by atoms with Crippen molar-refractivity contribution in [1.29, 1.82) is 0 Å². The monoisotopic (exact) mass is 362 g/mol. The lowest BCUT2D eigenvalue weighted by Gasteiger charge is -2.22. The minimum atomic E-state index is -4.65. The Hall–Kier alpha value is -3.16. The summed E-state index contributed by atoms with van der Waals surface area (Å²) >= 11 is 0. The first-order valence-corrected chi connectivity index (χ1v) is 7.66. The SMILES string of the molecule is C[C@H](C(=O)Nc1ccccc1C(F)(F)F)N1C(=O)c2ccccc2C1=O. The van der Waals surface area contributed by atoms with E-state index < -0.39 is 41.2 Å². The van der Waals surface area contributed by atoms with E-state index in [1.54, 1.807) is 12.1 Å². The van der Waals surface area contributed by atoms with Crippen LogP contribution in [0.5, 0.6) is 0 Å². The lowest BCUT2D eigenvalue weighted by atomic mass is 10.1. The molecule has 2 aromatic rings. The van der Waals surface area contributed by atoms with Gasteiger partial charge in [0, 0.05) is 0 Å². The molecular formula is C18H13F3N2O3. The Labute approximate surface area is 146 Å². The molecule has 1 heterocycles. The molecule has 0 aromatic heterocycles. The van der Waals surface area contributed by atoms with Gasteiger partial charge in [0.25, 0.3) is 11.8 Å². The molecule has 1 aliphatic rings. The summed E-state index contributed by atoms with van der Waals surface area (Å²) in [6, 6.07) is 9.29. The van der Waals surface area contributed by atoms with Crippen molar-refractivity contribution in [3.05, 3.63) is 65.2 Å². The smallest absolute Gasteiger partial charge is 0.324 e. The minimum Gasteiger partial charge on any atom is -0.324 e. The van der Waals surface area contributed by atoms with Crippen molar-refractivity contribution in [2.24, 2.45) is 0 Å². The Morgan fingerprint density at radius 3 is 2.00 bits per heavy atom. The third kappa shape index (κ3) is 2.94. The van der Waals surface area contributed by atoms with Crippen LogP contribution in [0.25, 0.3) is 0 Å². The fourth-order valence-corrected chi connectivity index (χ4v) is 2.75. The molecular weight excluding hydrogens is 349 g/mol. The molecule has 1 atom stereocenters. The van der Waals surface area contributed by atoms with Gasteiger partial charge >= 0.3 is 6.18 Å². The Morgan fingerprint density at radius 2 is 1.46 bits per heavy atom. The highest BCUT2D eigenvalue weighted by Crippen LogP contribution is 2.35. The fourth-order valence-electron chi connectivity index (χ4n) is 2.75. The van der Waals surface area contributed by atoms with Crippen LogP contribution >= 0.6 is 0 Å². The van der Waals surface area contributed by atoms with Crippen LogP contribution < -0.4 is 5.32 Å². The van der Waals surface area contributed by atoms with Crippen LogP contribution in [0.4, 0.5) is 18.9 Å². The Balaban J connectivity index is 1.85. The maximum absolute atomic E-state index is 13.0. The quantitative estimate of drug-likeness (QED) is 0.852. The number of benzene rings is 2. The van der Waals surface area contributed by atoms with E-state index >= 15 is 0 Å². The van der Waals surface area contributed by atoms with Gasteiger partial charge in [0.2, 0.25) is 5.91 Å². The maximum Gasteiger partial charge on any atom is 0.418 e. The summed E-state index contributed by atoms with van der Waals surface area (Å²) < 4.78 is 39.1. The van der Waals surface area contributed by atoms with Gasteiger partial charge in [-0.25, -0.2) is 0 Å². The molecule has 0 aliphatic carbocycles. The Kier molecular flexibility index (Phi) is 4.27. The molecule has 0 spiro atoms. The highest BCUT2D eigenvalue weighted by atomic mass is 19.4. The number of hydrogen-bond donors (Lipinski definition) is 1. The topological polar surface area (TPSA) is 66.5 Å². The van der Waals surface area contributed by atoms with Crippen LogP contribution in [0.15, 0.2) is 48.5 Å². The van der Waals surface area contributed by atoms with Gasteiger partial charge in [-0.3, -0.25) is 19.3 Å². The second kappa shape index (κ2) is 6.29. The molecule has 0 saturated carbocycles. The first-order chi connectivity index (χ1) is 12.2. The van der Waals surface area contributed by atoms with Crippen LogP contribution in [0.1, 0.15) is 33.2 Å². The van der Waals surface area contributed by atoms with Gasteiger partial charge in [-0.2, -0.15) is 13.2 Å². The van der Waals surface area contributed by atoms with Crippen molar-refractivity contribution in [2.45, 2.75) is 19.1 Å². The zero-order chi connectivity index (χ0) is 19.1. The van der Waals surface area contributed by atoms with Crippen LogP contribution in [-0.4, -0.2) is 28.7 Å². The van der Waals surface area contributed by atoms with Crippen molar-refractivity contribution in [1.82, 2.24) is 4.90 Å². The fraction of sp³-hybridized carbons (Fsp3) is 0.167. The normalized spacial score (nSPS) is 15.0. The first kappa shape index (κ1) is 17.7. The summed E-state index contributed by atoms with van der Waals surface area (Å²) in [4.78, 5) is 37.9. The molecule has 26 heavy (non-hydrogen) atoms. The summed E-state index contributed by atoms with van der Waals surface area (Å²) in [6.07, 6.45) is -4.65. The molecule has 3 rings (SSSR count). The molecule has 134 valence electrons. The summed E-state index contributed by atoms with van der Waals surface area (Å²) in [6.45, 7) is 1.28. The number of nitrogens with one attached hydrogen (secondary N) is 1. The number of fused-ring (bicyclic) bond motifs is 1. The molecule has 1 aliphatic heterocycles. The van der Waals surface area contributed by atoms with Crippen LogP contribution in [0.2, 0.25) is 0 Å². The second-order valence-electron chi connectivity index (χ2n) is 5.73. The first-order valence-electron chi connectivity index (χ1n) is 7.66. The van der Waals surface area contributed by atoms with Gasteiger partial charge in [-0.05, 0) is 31.2 Å². The predicted molar refractivity (Wildman–Crippen MR) is 86.5 cm³/mol. The highest BCUT2D eigenvalue weighted by Gasteiger charge is 2.41. The molecule has 0 bridgehead atoms. The van der Waals surface area contributed by atoms with Gasteiger partial charge in [0.1, 0.15) is 6.04 Å². The summed E-state index contributed by atoms with van der Waals surface area (Å²) in [7, 11) is 0. The molecule has 0 unspecified atom stereocenters. The van der Waals surface area contributed by atoms with Crippen molar-refractivity contribution < 1.29 is 27.6 Å². The largest absolute Gasteiger partial charge is 0.418 e. The number of imide groups is 1. The zero-order valence-electron chi connectivity index (χ0n) is 13.5. The number of amides is 3. The highest BCUT2D eigenvalue weighted by molar-refractivity contribution is 6.23. The Morgan fingerprint density at radius 1 is 0.962 bits per heavy atom. The summed E-state index contributed by atoms with van der Waals surface area (Å²) in [5, 5.41) is 2.16.